The maximum absolute atomic E-state index is 12.1. The van der Waals surface area contributed by atoms with Crippen LogP contribution in [0.5, 0.6) is 0 Å². The number of nitrogens with one attached hydrogen (secondary N) is 2. The minimum Gasteiger partial charge on any atom is -0.356 e. The third kappa shape index (κ3) is 5.19. The molecule has 1 aliphatic heterocycles. The third-order valence-corrected chi connectivity index (χ3v) is 4.88. The first kappa shape index (κ1) is 19.6. The minimum absolute atomic E-state index is 0.0470. The molecule has 0 spiro atoms. The van der Waals surface area contributed by atoms with E-state index < -0.39 is 0 Å². The number of benzene rings is 2. The SMILES string of the molecule is O=C(CCCN1C(=O)CNC1=O)NCCC(c1ccccc1)c1ccccc1. The average Bonchev–Trinajstić information content (AvgIpc) is 3.04. The largest absolute Gasteiger partial charge is 0.356 e. The molecule has 146 valence electrons. The van der Waals surface area contributed by atoms with E-state index in [-0.39, 0.29) is 36.9 Å². The van der Waals surface area contributed by atoms with Gasteiger partial charge in [0.15, 0.2) is 0 Å². The van der Waals surface area contributed by atoms with Crippen LogP contribution in [0.3, 0.4) is 0 Å². The number of carbonyl (C=O) groups is 3. The summed E-state index contributed by atoms with van der Waals surface area (Å²) in [5.41, 5.74) is 2.45. The lowest BCUT2D eigenvalue weighted by atomic mass is 9.88. The molecule has 0 unspecified atom stereocenters. The van der Waals surface area contributed by atoms with Gasteiger partial charge in [0.05, 0.1) is 6.54 Å². The smallest absolute Gasteiger partial charge is 0.324 e. The Bertz CT molecular complexity index is 753. The van der Waals surface area contributed by atoms with Gasteiger partial charge < -0.3 is 10.6 Å². The topological polar surface area (TPSA) is 78.5 Å². The van der Waals surface area contributed by atoms with Gasteiger partial charge in [0.25, 0.3) is 0 Å². The van der Waals surface area contributed by atoms with Crippen LogP contribution in [0, 0.1) is 0 Å². The molecular weight excluding hydrogens is 354 g/mol. The highest BCUT2D eigenvalue weighted by atomic mass is 16.2. The van der Waals surface area contributed by atoms with Gasteiger partial charge in [-0.1, -0.05) is 60.7 Å². The van der Waals surface area contributed by atoms with E-state index in [0.29, 0.717) is 19.4 Å². The molecule has 6 heteroatoms. The fraction of sp³-hybridized carbons (Fsp3) is 0.318. The third-order valence-electron chi connectivity index (χ3n) is 4.88. The van der Waals surface area contributed by atoms with Gasteiger partial charge in [-0.3, -0.25) is 14.5 Å². The number of nitrogens with zero attached hydrogens (tertiary/aromatic N) is 1. The number of hydrogen-bond donors (Lipinski definition) is 2. The molecule has 0 aliphatic carbocycles. The van der Waals surface area contributed by atoms with Crippen LogP contribution in [0.15, 0.2) is 60.7 Å². The van der Waals surface area contributed by atoms with Gasteiger partial charge in [0.1, 0.15) is 0 Å². The summed E-state index contributed by atoms with van der Waals surface area (Å²) in [7, 11) is 0. The lowest BCUT2D eigenvalue weighted by molar-refractivity contribution is -0.126. The number of imide groups is 1. The molecule has 1 fully saturated rings. The van der Waals surface area contributed by atoms with Crippen LogP contribution >= 0.6 is 0 Å². The number of rotatable bonds is 9. The second kappa shape index (κ2) is 9.69. The predicted octanol–water partition coefficient (Wildman–Crippen LogP) is 2.66. The van der Waals surface area contributed by atoms with Crippen molar-refractivity contribution >= 4 is 17.8 Å². The monoisotopic (exact) mass is 379 g/mol. The van der Waals surface area contributed by atoms with Gasteiger partial charge in [-0.2, -0.15) is 0 Å². The first-order chi connectivity index (χ1) is 13.6. The summed E-state index contributed by atoms with van der Waals surface area (Å²) in [6.45, 7) is 0.885. The van der Waals surface area contributed by atoms with E-state index in [9.17, 15) is 14.4 Å². The first-order valence-corrected chi connectivity index (χ1v) is 9.60. The summed E-state index contributed by atoms with van der Waals surface area (Å²) in [6, 6.07) is 20.2. The van der Waals surface area contributed by atoms with Gasteiger partial charge in [0, 0.05) is 25.4 Å². The Morgan fingerprint density at radius 3 is 2.14 bits per heavy atom. The second-order valence-electron chi connectivity index (χ2n) is 6.82. The van der Waals surface area contributed by atoms with Gasteiger partial charge >= 0.3 is 6.03 Å². The Kier molecular flexibility index (Phi) is 6.78. The van der Waals surface area contributed by atoms with E-state index in [0.717, 1.165) is 11.3 Å². The molecule has 4 amide bonds. The molecular formula is C22H25N3O3. The average molecular weight is 379 g/mol. The van der Waals surface area contributed by atoms with E-state index >= 15 is 0 Å². The number of urea groups is 1. The van der Waals surface area contributed by atoms with Crippen molar-refractivity contribution < 1.29 is 14.4 Å². The molecule has 3 rings (SSSR count). The summed E-state index contributed by atoms with van der Waals surface area (Å²) in [4.78, 5) is 36.3. The maximum Gasteiger partial charge on any atom is 0.324 e. The Hall–Kier alpha value is -3.15. The van der Waals surface area contributed by atoms with E-state index in [4.69, 9.17) is 0 Å². The summed E-state index contributed by atoms with van der Waals surface area (Å²) in [5, 5.41) is 5.43. The lowest BCUT2D eigenvalue weighted by Crippen LogP contribution is -2.33. The van der Waals surface area contributed by atoms with Crippen molar-refractivity contribution in [2.45, 2.75) is 25.2 Å². The van der Waals surface area contributed by atoms with Crippen LogP contribution in [0.1, 0.15) is 36.3 Å². The molecule has 28 heavy (non-hydrogen) atoms. The molecule has 2 aromatic carbocycles. The molecule has 0 radical (unpaired) electrons. The fourth-order valence-electron chi connectivity index (χ4n) is 3.42. The molecule has 1 aliphatic rings. The summed E-state index contributed by atoms with van der Waals surface area (Å²) in [6.07, 6.45) is 1.55. The van der Waals surface area contributed by atoms with Crippen molar-refractivity contribution in [2.75, 3.05) is 19.6 Å². The zero-order chi connectivity index (χ0) is 19.8. The number of carbonyl (C=O) groups excluding carboxylic acids is 3. The zero-order valence-electron chi connectivity index (χ0n) is 15.8. The van der Waals surface area contributed by atoms with E-state index in [2.05, 4.69) is 34.9 Å². The van der Waals surface area contributed by atoms with Crippen LogP contribution in [0.2, 0.25) is 0 Å². The summed E-state index contributed by atoms with van der Waals surface area (Å²) >= 11 is 0. The Morgan fingerprint density at radius 1 is 1.00 bits per heavy atom. The minimum atomic E-state index is -0.376. The molecule has 2 N–H and O–H groups in total. The number of amides is 4. The van der Waals surface area contributed by atoms with Crippen molar-refractivity contribution in [3.05, 3.63) is 71.8 Å². The standard InChI is InChI=1S/C22H25N3O3/c26-20(12-7-15-25-21(27)16-24-22(25)28)23-14-13-19(17-8-3-1-4-9-17)18-10-5-2-6-11-18/h1-6,8-11,19H,7,12-16H2,(H,23,26)(H,24,28). The molecule has 0 atom stereocenters. The highest BCUT2D eigenvalue weighted by Gasteiger charge is 2.27. The van der Waals surface area contributed by atoms with Gasteiger partial charge in [-0.25, -0.2) is 4.79 Å². The van der Waals surface area contributed by atoms with Crippen molar-refractivity contribution in [1.29, 1.82) is 0 Å². The first-order valence-electron chi connectivity index (χ1n) is 9.60. The van der Waals surface area contributed by atoms with Crippen LogP contribution < -0.4 is 10.6 Å². The van der Waals surface area contributed by atoms with Gasteiger partial charge in [-0.15, -0.1) is 0 Å². The van der Waals surface area contributed by atoms with Crippen LogP contribution in [-0.4, -0.2) is 42.4 Å². The van der Waals surface area contributed by atoms with Crippen molar-refractivity contribution in [3.63, 3.8) is 0 Å². The summed E-state index contributed by atoms with van der Waals surface area (Å²) < 4.78 is 0. The zero-order valence-corrected chi connectivity index (χ0v) is 15.8. The Labute approximate surface area is 164 Å². The molecule has 0 aromatic heterocycles. The molecule has 1 heterocycles. The molecule has 6 nitrogen and oxygen atoms in total. The lowest BCUT2D eigenvalue weighted by Gasteiger charge is -2.18. The van der Waals surface area contributed by atoms with Crippen LogP contribution in [0.25, 0.3) is 0 Å². The molecule has 0 saturated carbocycles. The Morgan fingerprint density at radius 2 is 1.61 bits per heavy atom. The van der Waals surface area contributed by atoms with E-state index in [1.54, 1.807) is 0 Å². The van der Waals surface area contributed by atoms with Crippen molar-refractivity contribution in [1.82, 2.24) is 15.5 Å². The van der Waals surface area contributed by atoms with Gasteiger partial charge in [-0.05, 0) is 24.0 Å². The van der Waals surface area contributed by atoms with Crippen molar-refractivity contribution in [3.8, 4) is 0 Å². The molecule has 0 bridgehead atoms. The second-order valence-corrected chi connectivity index (χ2v) is 6.82. The van der Waals surface area contributed by atoms with Crippen LogP contribution in [-0.2, 0) is 9.59 Å². The summed E-state index contributed by atoms with van der Waals surface area (Å²) in [5.74, 6) is -0.0838. The molecule has 1 saturated heterocycles. The normalized spacial score (nSPS) is 13.7. The predicted molar refractivity (Wildman–Crippen MR) is 107 cm³/mol. The number of hydrogen-bond acceptors (Lipinski definition) is 3. The van der Waals surface area contributed by atoms with Crippen molar-refractivity contribution in [2.24, 2.45) is 0 Å². The fourth-order valence-corrected chi connectivity index (χ4v) is 3.42. The van der Waals surface area contributed by atoms with E-state index in [1.165, 1.54) is 11.1 Å². The Balaban J connectivity index is 1.47. The van der Waals surface area contributed by atoms with Crippen LogP contribution in [0.4, 0.5) is 4.79 Å². The maximum atomic E-state index is 12.1. The molecule has 2 aromatic rings. The van der Waals surface area contributed by atoms with Gasteiger partial charge in [0.2, 0.25) is 11.8 Å². The highest BCUT2D eigenvalue weighted by Crippen LogP contribution is 2.27. The highest BCUT2D eigenvalue weighted by molar-refractivity contribution is 6.01. The van der Waals surface area contributed by atoms with E-state index in [1.807, 2.05) is 36.4 Å². The quantitative estimate of drug-likeness (QED) is 0.658.